The van der Waals surface area contributed by atoms with Gasteiger partial charge in [-0.25, -0.2) is 0 Å². The molecule has 0 unspecified atom stereocenters. The molecule has 82 valence electrons. The van der Waals surface area contributed by atoms with Crippen LogP contribution in [-0.2, 0) is 9.47 Å². The highest BCUT2D eigenvalue weighted by atomic mass is 16.5. The minimum absolute atomic E-state index is 0.381. The summed E-state index contributed by atoms with van der Waals surface area (Å²) in [7, 11) is 0. The van der Waals surface area contributed by atoms with E-state index in [1.165, 1.54) is 32.2 Å². The Kier molecular flexibility index (Phi) is 4.22. The van der Waals surface area contributed by atoms with Crippen LogP contribution in [0.4, 0.5) is 0 Å². The lowest BCUT2D eigenvalue weighted by Crippen LogP contribution is -2.33. The van der Waals surface area contributed by atoms with Crippen LogP contribution in [0.1, 0.15) is 25.7 Å². The molecule has 3 nitrogen and oxygen atoms in total. The second-order valence-corrected chi connectivity index (χ2v) is 4.38. The van der Waals surface area contributed by atoms with Gasteiger partial charge in [0.25, 0.3) is 0 Å². The maximum absolute atomic E-state index is 5.69. The van der Waals surface area contributed by atoms with Crippen LogP contribution in [0.2, 0.25) is 0 Å². The molecule has 0 radical (unpaired) electrons. The van der Waals surface area contributed by atoms with Crippen molar-refractivity contribution < 1.29 is 9.47 Å². The Hall–Kier alpha value is -0.120. The minimum atomic E-state index is 0.381. The molecule has 14 heavy (non-hydrogen) atoms. The van der Waals surface area contributed by atoms with Gasteiger partial charge in [-0.05, 0) is 38.1 Å². The van der Waals surface area contributed by atoms with Crippen molar-refractivity contribution in [1.29, 1.82) is 0 Å². The van der Waals surface area contributed by atoms with E-state index in [1.807, 2.05) is 0 Å². The summed E-state index contributed by atoms with van der Waals surface area (Å²) in [5.41, 5.74) is 0. The van der Waals surface area contributed by atoms with Gasteiger partial charge in [-0.15, -0.1) is 0 Å². The lowest BCUT2D eigenvalue weighted by molar-refractivity contribution is 0.00268. The van der Waals surface area contributed by atoms with Crippen LogP contribution in [0.3, 0.4) is 0 Å². The number of ether oxygens (including phenoxy) is 2. The third-order valence-corrected chi connectivity index (χ3v) is 3.08. The summed E-state index contributed by atoms with van der Waals surface area (Å²) in [5, 5.41) is 3.40. The molecule has 0 spiro atoms. The second kappa shape index (κ2) is 5.69. The predicted molar refractivity (Wildman–Crippen MR) is 55.4 cm³/mol. The van der Waals surface area contributed by atoms with E-state index in [-0.39, 0.29) is 0 Å². The molecule has 0 aliphatic carbocycles. The average molecular weight is 199 g/mol. The van der Waals surface area contributed by atoms with Crippen molar-refractivity contribution in [2.24, 2.45) is 5.92 Å². The van der Waals surface area contributed by atoms with Crippen LogP contribution >= 0.6 is 0 Å². The summed E-state index contributed by atoms with van der Waals surface area (Å²) in [6.45, 7) is 4.95. The number of hydrogen-bond acceptors (Lipinski definition) is 3. The minimum Gasteiger partial charge on any atom is -0.378 e. The van der Waals surface area contributed by atoms with Gasteiger partial charge < -0.3 is 14.8 Å². The quantitative estimate of drug-likeness (QED) is 0.737. The van der Waals surface area contributed by atoms with E-state index in [0.717, 1.165) is 32.3 Å². The molecule has 2 atom stereocenters. The van der Waals surface area contributed by atoms with Crippen molar-refractivity contribution in [2.75, 3.05) is 32.9 Å². The van der Waals surface area contributed by atoms with E-state index in [1.54, 1.807) is 0 Å². The summed E-state index contributed by atoms with van der Waals surface area (Å²) in [5.74, 6) is 0.727. The van der Waals surface area contributed by atoms with Crippen LogP contribution in [0.15, 0.2) is 0 Å². The molecule has 2 heterocycles. The standard InChI is InChI=1S/C11H21NO2/c1-3-10(7-12-5-1)8-13-9-11-4-2-6-14-11/h10-12H,1-9H2/t10-,11+/m0/s1. The van der Waals surface area contributed by atoms with Gasteiger partial charge in [0.05, 0.1) is 19.3 Å². The molecule has 2 saturated heterocycles. The number of nitrogens with one attached hydrogen (secondary N) is 1. The summed E-state index contributed by atoms with van der Waals surface area (Å²) in [6.07, 6.45) is 5.39. The summed E-state index contributed by atoms with van der Waals surface area (Å²) in [4.78, 5) is 0. The zero-order chi connectivity index (χ0) is 9.64. The topological polar surface area (TPSA) is 30.5 Å². The van der Waals surface area contributed by atoms with Gasteiger partial charge in [0, 0.05) is 13.2 Å². The van der Waals surface area contributed by atoms with E-state index < -0.39 is 0 Å². The van der Waals surface area contributed by atoms with Crippen LogP contribution in [0.25, 0.3) is 0 Å². The first-order chi connectivity index (χ1) is 6.95. The van der Waals surface area contributed by atoms with E-state index in [2.05, 4.69) is 5.32 Å². The van der Waals surface area contributed by atoms with Crippen LogP contribution in [0.5, 0.6) is 0 Å². The first-order valence-electron chi connectivity index (χ1n) is 5.85. The predicted octanol–water partition coefficient (Wildman–Crippen LogP) is 1.18. The lowest BCUT2D eigenvalue weighted by atomic mass is 10.0. The number of rotatable bonds is 4. The first-order valence-corrected chi connectivity index (χ1v) is 5.85. The fourth-order valence-electron chi connectivity index (χ4n) is 2.21. The van der Waals surface area contributed by atoms with E-state index >= 15 is 0 Å². The Balaban J connectivity index is 1.52. The highest BCUT2D eigenvalue weighted by Crippen LogP contribution is 2.14. The van der Waals surface area contributed by atoms with Gasteiger partial charge in [-0.2, -0.15) is 0 Å². The third kappa shape index (κ3) is 3.23. The molecule has 2 aliphatic rings. The van der Waals surface area contributed by atoms with Crippen LogP contribution < -0.4 is 5.32 Å². The zero-order valence-corrected chi connectivity index (χ0v) is 8.84. The molecule has 0 bridgehead atoms. The Morgan fingerprint density at radius 2 is 2.21 bits per heavy atom. The molecule has 0 saturated carbocycles. The molecule has 3 heteroatoms. The fourth-order valence-corrected chi connectivity index (χ4v) is 2.21. The Bertz CT molecular complexity index is 151. The van der Waals surface area contributed by atoms with Gasteiger partial charge in [0.1, 0.15) is 0 Å². The van der Waals surface area contributed by atoms with Crippen LogP contribution in [0, 0.1) is 5.92 Å². The van der Waals surface area contributed by atoms with Crippen molar-refractivity contribution in [3.8, 4) is 0 Å². The van der Waals surface area contributed by atoms with Gasteiger partial charge in [0.2, 0.25) is 0 Å². The van der Waals surface area contributed by atoms with Crippen LogP contribution in [-0.4, -0.2) is 39.0 Å². The van der Waals surface area contributed by atoms with E-state index in [0.29, 0.717) is 6.10 Å². The SMILES string of the molecule is C1CNC[C@@H](COC[C@H]2CCCO2)C1. The molecule has 2 rings (SSSR count). The van der Waals surface area contributed by atoms with Gasteiger partial charge in [-0.3, -0.25) is 0 Å². The summed E-state index contributed by atoms with van der Waals surface area (Å²) in [6, 6.07) is 0. The maximum atomic E-state index is 5.69. The smallest absolute Gasteiger partial charge is 0.0809 e. The largest absolute Gasteiger partial charge is 0.378 e. The molecular weight excluding hydrogens is 178 g/mol. The van der Waals surface area contributed by atoms with E-state index in [4.69, 9.17) is 9.47 Å². The summed E-state index contributed by atoms with van der Waals surface area (Å²) < 4.78 is 11.2. The Labute approximate surface area is 86.2 Å². The number of piperidine rings is 1. The molecule has 0 aromatic carbocycles. The fraction of sp³-hybridized carbons (Fsp3) is 1.00. The molecule has 2 aliphatic heterocycles. The zero-order valence-electron chi connectivity index (χ0n) is 8.84. The van der Waals surface area contributed by atoms with Gasteiger partial charge >= 0.3 is 0 Å². The Morgan fingerprint density at radius 1 is 1.21 bits per heavy atom. The average Bonchev–Trinajstić information content (AvgIpc) is 2.72. The maximum Gasteiger partial charge on any atom is 0.0809 e. The molecular formula is C11H21NO2. The molecule has 2 fully saturated rings. The third-order valence-electron chi connectivity index (χ3n) is 3.08. The van der Waals surface area contributed by atoms with E-state index in [9.17, 15) is 0 Å². The highest BCUT2D eigenvalue weighted by Gasteiger charge is 2.17. The second-order valence-electron chi connectivity index (χ2n) is 4.38. The Morgan fingerprint density at radius 3 is 2.93 bits per heavy atom. The van der Waals surface area contributed by atoms with Crippen molar-refractivity contribution in [1.82, 2.24) is 5.32 Å². The molecule has 0 amide bonds. The van der Waals surface area contributed by atoms with Crippen molar-refractivity contribution >= 4 is 0 Å². The first kappa shape index (κ1) is 10.4. The lowest BCUT2D eigenvalue weighted by Gasteiger charge is -2.23. The number of hydrogen-bond donors (Lipinski definition) is 1. The molecule has 0 aromatic rings. The normalized spacial score (nSPS) is 33.4. The van der Waals surface area contributed by atoms with Crippen molar-refractivity contribution in [3.63, 3.8) is 0 Å². The monoisotopic (exact) mass is 199 g/mol. The molecule has 0 aromatic heterocycles. The molecule has 1 N–H and O–H groups in total. The van der Waals surface area contributed by atoms with Crippen molar-refractivity contribution in [3.05, 3.63) is 0 Å². The van der Waals surface area contributed by atoms with Crippen molar-refractivity contribution in [2.45, 2.75) is 31.8 Å². The van der Waals surface area contributed by atoms with Gasteiger partial charge in [0.15, 0.2) is 0 Å². The van der Waals surface area contributed by atoms with Gasteiger partial charge in [-0.1, -0.05) is 0 Å². The summed E-state index contributed by atoms with van der Waals surface area (Å²) >= 11 is 0. The highest BCUT2D eigenvalue weighted by molar-refractivity contribution is 4.69.